The first-order valence-electron chi connectivity index (χ1n) is 12.2. The van der Waals surface area contributed by atoms with Gasteiger partial charge in [-0.15, -0.1) is 0 Å². The molecule has 2 atom stereocenters. The Hall–Kier alpha value is -3.80. The van der Waals surface area contributed by atoms with Gasteiger partial charge in [0.1, 0.15) is 0 Å². The number of carbonyl (C=O) groups is 2. The Morgan fingerprint density at radius 2 is 1.66 bits per heavy atom. The first-order chi connectivity index (χ1) is 17.0. The van der Waals surface area contributed by atoms with Crippen molar-refractivity contribution in [3.8, 4) is 11.5 Å². The fraction of sp³-hybridized carbons (Fsp3) is 0.310. The second kappa shape index (κ2) is 9.45. The molecule has 5 rings (SSSR count). The highest BCUT2D eigenvalue weighted by Crippen LogP contribution is 2.48. The molecular formula is C29H30N2O4. The molecule has 2 aliphatic rings. The minimum atomic E-state index is -0.560. The molecule has 6 nitrogen and oxygen atoms in total. The van der Waals surface area contributed by atoms with Gasteiger partial charge in [0.25, 0.3) is 5.91 Å². The van der Waals surface area contributed by atoms with Crippen molar-refractivity contribution in [3.05, 3.63) is 88.5 Å². The third-order valence-electron chi connectivity index (χ3n) is 6.87. The summed E-state index contributed by atoms with van der Waals surface area (Å²) in [6.45, 7) is 7.41. The van der Waals surface area contributed by atoms with Gasteiger partial charge < -0.3 is 19.7 Å². The number of fused-ring (bicyclic) bond motifs is 4. The number of aryl methyl sites for hydroxylation is 1. The Bertz CT molecular complexity index is 1290. The van der Waals surface area contributed by atoms with E-state index in [1.165, 1.54) is 0 Å². The van der Waals surface area contributed by atoms with Crippen LogP contribution in [-0.4, -0.2) is 36.5 Å². The Kier molecular flexibility index (Phi) is 6.20. The van der Waals surface area contributed by atoms with Crippen molar-refractivity contribution >= 4 is 17.5 Å². The van der Waals surface area contributed by atoms with Crippen molar-refractivity contribution < 1.29 is 19.1 Å². The highest BCUT2D eigenvalue weighted by atomic mass is 16.5. The lowest BCUT2D eigenvalue weighted by atomic mass is 9.75. The van der Waals surface area contributed by atoms with Crippen LogP contribution in [-0.2, 0) is 11.2 Å². The van der Waals surface area contributed by atoms with Crippen LogP contribution >= 0.6 is 0 Å². The number of hydrogen-bond donors (Lipinski definition) is 1. The normalized spacial score (nSPS) is 18.3. The Labute approximate surface area is 205 Å². The largest absolute Gasteiger partial charge is 0.490 e. The molecular weight excluding hydrogens is 440 g/mol. The standard InChI is InChI=1S/C29H30N2O4/c1-4-34-24-16-19-14-15-31-27(22(19)17-25(24)35-5-2)26(20-11-7-8-12-21(20)29(31)33)28(32)30-23-13-9-6-10-18(23)3/h6-13,16-17,26-27H,4-5,14-15H2,1-3H3,(H,30,32)/t26-,27+/m0/s1. The first-order valence-corrected chi connectivity index (χ1v) is 12.2. The molecule has 0 bridgehead atoms. The SMILES string of the molecule is CCOc1cc2c(cc1OCC)[C@@H]1[C@@H](C(=O)Nc3ccccc3C)c3ccccc3C(=O)N1CC2. The van der Waals surface area contributed by atoms with Gasteiger partial charge in [-0.25, -0.2) is 0 Å². The third kappa shape index (κ3) is 4.03. The molecule has 6 heteroatoms. The Morgan fingerprint density at radius 1 is 0.971 bits per heavy atom. The summed E-state index contributed by atoms with van der Waals surface area (Å²) in [5.74, 6) is 0.608. The number of amides is 2. The lowest BCUT2D eigenvalue weighted by molar-refractivity contribution is -0.119. The molecule has 3 aromatic carbocycles. The smallest absolute Gasteiger partial charge is 0.254 e. The van der Waals surface area contributed by atoms with E-state index in [-0.39, 0.29) is 11.8 Å². The number of nitrogens with zero attached hydrogens (tertiary/aromatic N) is 1. The summed E-state index contributed by atoms with van der Waals surface area (Å²) in [6.07, 6.45) is 0.693. The van der Waals surface area contributed by atoms with Gasteiger partial charge in [-0.2, -0.15) is 0 Å². The van der Waals surface area contributed by atoms with Crippen molar-refractivity contribution in [2.45, 2.75) is 39.2 Å². The van der Waals surface area contributed by atoms with Crippen molar-refractivity contribution in [3.63, 3.8) is 0 Å². The molecule has 35 heavy (non-hydrogen) atoms. The van der Waals surface area contributed by atoms with Gasteiger partial charge in [-0.05, 0) is 73.7 Å². The number of para-hydroxylation sites is 1. The molecule has 0 radical (unpaired) electrons. The maximum Gasteiger partial charge on any atom is 0.254 e. The monoisotopic (exact) mass is 470 g/mol. The summed E-state index contributed by atoms with van der Waals surface area (Å²) in [5.41, 5.74) is 5.13. The van der Waals surface area contributed by atoms with E-state index in [0.29, 0.717) is 43.2 Å². The van der Waals surface area contributed by atoms with Crippen LogP contribution < -0.4 is 14.8 Å². The molecule has 0 unspecified atom stereocenters. The van der Waals surface area contributed by atoms with Crippen LogP contribution in [0.4, 0.5) is 5.69 Å². The topological polar surface area (TPSA) is 67.9 Å². The molecule has 0 spiro atoms. The van der Waals surface area contributed by atoms with E-state index in [0.717, 1.165) is 27.9 Å². The second-order valence-corrected chi connectivity index (χ2v) is 8.93. The molecule has 180 valence electrons. The molecule has 0 fully saturated rings. The van der Waals surface area contributed by atoms with Gasteiger partial charge in [0.15, 0.2) is 11.5 Å². The zero-order valence-electron chi connectivity index (χ0n) is 20.3. The van der Waals surface area contributed by atoms with Crippen molar-refractivity contribution in [2.24, 2.45) is 0 Å². The molecule has 3 aromatic rings. The van der Waals surface area contributed by atoms with Gasteiger partial charge in [0, 0.05) is 17.8 Å². The van der Waals surface area contributed by atoms with E-state index in [1.807, 2.05) is 86.3 Å². The van der Waals surface area contributed by atoms with Crippen LogP contribution in [0.15, 0.2) is 60.7 Å². The molecule has 2 amide bonds. The zero-order valence-corrected chi connectivity index (χ0v) is 20.3. The highest BCUT2D eigenvalue weighted by Gasteiger charge is 2.46. The quantitative estimate of drug-likeness (QED) is 0.533. The van der Waals surface area contributed by atoms with E-state index in [2.05, 4.69) is 5.32 Å². The van der Waals surface area contributed by atoms with Gasteiger partial charge in [-0.1, -0.05) is 36.4 Å². The minimum Gasteiger partial charge on any atom is -0.490 e. The maximum atomic E-state index is 13.9. The number of ether oxygens (including phenoxy) is 2. The number of benzene rings is 3. The first kappa shape index (κ1) is 23.0. The van der Waals surface area contributed by atoms with E-state index >= 15 is 0 Å². The van der Waals surface area contributed by atoms with Gasteiger partial charge in [-0.3, -0.25) is 9.59 Å². The minimum absolute atomic E-state index is 0.0389. The van der Waals surface area contributed by atoms with E-state index in [1.54, 1.807) is 0 Å². The lowest BCUT2D eigenvalue weighted by Gasteiger charge is -2.45. The highest BCUT2D eigenvalue weighted by molar-refractivity contribution is 6.04. The summed E-state index contributed by atoms with van der Waals surface area (Å²) in [6, 6.07) is 18.8. The van der Waals surface area contributed by atoms with Crippen LogP contribution in [0.1, 0.15) is 58.4 Å². The number of nitrogens with one attached hydrogen (secondary N) is 1. The summed E-state index contributed by atoms with van der Waals surface area (Å²) < 4.78 is 11.8. The summed E-state index contributed by atoms with van der Waals surface area (Å²) >= 11 is 0. The maximum absolute atomic E-state index is 13.9. The predicted molar refractivity (Wildman–Crippen MR) is 135 cm³/mol. The van der Waals surface area contributed by atoms with Crippen LogP contribution in [0.2, 0.25) is 0 Å². The number of carbonyl (C=O) groups excluding carboxylic acids is 2. The van der Waals surface area contributed by atoms with Crippen molar-refractivity contribution in [1.82, 2.24) is 4.90 Å². The van der Waals surface area contributed by atoms with Gasteiger partial charge >= 0.3 is 0 Å². The van der Waals surface area contributed by atoms with E-state index in [4.69, 9.17) is 9.47 Å². The fourth-order valence-corrected chi connectivity index (χ4v) is 5.28. The van der Waals surface area contributed by atoms with E-state index in [9.17, 15) is 9.59 Å². The van der Waals surface area contributed by atoms with E-state index < -0.39 is 12.0 Å². The average Bonchev–Trinajstić information content (AvgIpc) is 2.86. The lowest BCUT2D eigenvalue weighted by Crippen LogP contribution is -2.49. The average molecular weight is 471 g/mol. The van der Waals surface area contributed by atoms with Crippen molar-refractivity contribution in [2.75, 3.05) is 25.1 Å². The Morgan fingerprint density at radius 3 is 2.40 bits per heavy atom. The fourth-order valence-electron chi connectivity index (χ4n) is 5.28. The second-order valence-electron chi connectivity index (χ2n) is 8.93. The Balaban J connectivity index is 1.65. The summed E-state index contributed by atoms with van der Waals surface area (Å²) in [5, 5.41) is 3.14. The van der Waals surface area contributed by atoms with Gasteiger partial charge in [0.2, 0.25) is 5.91 Å². The molecule has 0 aliphatic carbocycles. The molecule has 0 saturated carbocycles. The number of hydrogen-bond acceptors (Lipinski definition) is 4. The van der Waals surface area contributed by atoms with Crippen LogP contribution in [0, 0.1) is 6.92 Å². The molecule has 2 heterocycles. The predicted octanol–water partition coefficient (Wildman–Crippen LogP) is 5.27. The summed E-state index contributed by atoms with van der Waals surface area (Å²) in [4.78, 5) is 29.3. The van der Waals surface area contributed by atoms with Crippen molar-refractivity contribution in [1.29, 1.82) is 0 Å². The van der Waals surface area contributed by atoms with Crippen LogP contribution in [0.25, 0.3) is 0 Å². The van der Waals surface area contributed by atoms with Crippen LogP contribution in [0.3, 0.4) is 0 Å². The summed E-state index contributed by atoms with van der Waals surface area (Å²) in [7, 11) is 0. The third-order valence-corrected chi connectivity index (χ3v) is 6.87. The zero-order chi connectivity index (χ0) is 24.5. The molecule has 2 aliphatic heterocycles. The van der Waals surface area contributed by atoms with Gasteiger partial charge in [0.05, 0.1) is 25.2 Å². The molecule has 1 N–H and O–H groups in total. The number of rotatable bonds is 6. The molecule has 0 aromatic heterocycles. The molecule has 0 saturated heterocycles. The van der Waals surface area contributed by atoms with Crippen LogP contribution in [0.5, 0.6) is 11.5 Å². The number of anilines is 1.